The summed E-state index contributed by atoms with van der Waals surface area (Å²) in [5, 5.41) is 0. The third-order valence-corrected chi connectivity index (χ3v) is 4.81. The molecule has 0 bridgehead atoms. The van der Waals surface area contributed by atoms with Crippen LogP contribution in [0.3, 0.4) is 0 Å². The molecule has 0 N–H and O–H groups in total. The van der Waals surface area contributed by atoms with Crippen LogP contribution in [0.1, 0.15) is 38.4 Å². The molecule has 114 valence electrons. The quantitative estimate of drug-likeness (QED) is 0.739. The van der Waals surface area contributed by atoms with Crippen molar-refractivity contribution >= 4 is 22.6 Å². The Bertz CT molecular complexity index is 645. The van der Waals surface area contributed by atoms with Crippen LogP contribution in [-0.4, -0.2) is 9.55 Å². The predicted molar refractivity (Wildman–Crippen MR) is 80.3 cm³/mol. The summed E-state index contributed by atoms with van der Waals surface area (Å²) in [5.74, 6) is 0.432. The van der Waals surface area contributed by atoms with Gasteiger partial charge >= 0.3 is 0 Å². The third kappa shape index (κ3) is 2.78. The molecule has 0 spiro atoms. The van der Waals surface area contributed by atoms with E-state index in [0.29, 0.717) is 23.8 Å². The average Bonchev–Trinajstić information content (AvgIpc) is 2.84. The lowest BCUT2D eigenvalue weighted by Gasteiger charge is -2.27. The van der Waals surface area contributed by atoms with E-state index in [1.54, 1.807) is 4.57 Å². The Morgan fingerprint density at radius 2 is 1.95 bits per heavy atom. The zero-order valence-electron chi connectivity index (χ0n) is 12.1. The van der Waals surface area contributed by atoms with Crippen LogP contribution < -0.4 is 0 Å². The molecule has 0 aliphatic heterocycles. The molecule has 1 saturated carbocycles. The summed E-state index contributed by atoms with van der Waals surface area (Å²) in [7, 11) is 0. The number of halogens is 3. The Hall–Kier alpha value is -1.16. The van der Waals surface area contributed by atoms with Gasteiger partial charge in [0.15, 0.2) is 11.6 Å². The van der Waals surface area contributed by atoms with Gasteiger partial charge < -0.3 is 4.57 Å². The predicted octanol–water partition coefficient (Wildman–Crippen LogP) is 4.88. The Balaban J connectivity index is 1.98. The first-order valence-electron chi connectivity index (χ1n) is 7.49. The summed E-state index contributed by atoms with van der Waals surface area (Å²) in [4.78, 5) is 4.34. The SMILES string of the molecule is CC1CCC(Cn2c(CCl)nc3ccc(F)c(F)c32)CC1. The molecule has 0 radical (unpaired) electrons. The molecule has 5 heteroatoms. The Morgan fingerprint density at radius 1 is 1.24 bits per heavy atom. The fraction of sp³-hybridized carbons (Fsp3) is 0.562. The summed E-state index contributed by atoms with van der Waals surface area (Å²) >= 11 is 5.94. The molecule has 0 atom stereocenters. The van der Waals surface area contributed by atoms with E-state index in [4.69, 9.17) is 11.6 Å². The first-order valence-corrected chi connectivity index (χ1v) is 8.02. The van der Waals surface area contributed by atoms with Crippen LogP contribution in [0.15, 0.2) is 12.1 Å². The van der Waals surface area contributed by atoms with Crippen molar-refractivity contribution in [3.05, 3.63) is 29.6 Å². The van der Waals surface area contributed by atoms with Crippen LogP contribution in [-0.2, 0) is 12.4 Å². The molecule has 3 rings (SSSR count). The lowest BCUT2D eigenvalue weighted by Crippen LogP contribution is -2.19. The second-order valence-corrected chi connectivity index (χ2v) is 6.39. The number of aromatic nitrogens is 2. The van der Waals surface area contributed by atoms with E-state index in [1.165, 1.54) is 18.9 Å². The zero-order valence-corrected chi connectivity index (χ0v) is 12.8. The number of alkyl halides is 1. The van der Waals surface area contributed by atoms with Crippen molar-refractivity contribution in [1.82, 2.24) is 9.55 Å². The summed E-state index contributed by atoms with van der Waals surface area (Å²) < 4.78 is 29.4. The summed E-state index contributed by atoms with van der Waals surface area (Å²) in [6.45, 7) is 2.94. The van der Waals surface area contributed by atoms with Crippen molar-refractivity contribution in [3.63, 3.8) is 0 Å². The Kier molecular flexibility index (Phi) is 4.16. The molecule has 1 heterocycles. The number of benzene rings is 1. The lowest BCUT2D eigenvalue weighted by molar-refractivity contribution is 0.265. The van der Waals surface area contributed by atoms with E-state index in [1.807, 2.05) is 0 Å². The van der Waals surface area contributed by atoms with Gasteiger partial charge in [0, 0.05) is 6.54 Å². The van der Waals surface area contributed by atoms with Crippen LogP contribution in [0.25, 0.3) is 11.0 Å². The van der Waals surface area contributed by atoms with Gasteiger partial charge in [-0.25, -0.2) is 13.8 Å². The average molecular weight is 313 g/mol. The molecule has 0 saturated heterocycles. The van der Waals surface area contributed by atoms with Gasteiger partial charge in [-0.3, -0.25) is 0 Å². The van der Waals surface area contributed by atoms with Crippen molar-refractivity contribution < 1.29 is 8.78 Å². The van der Waals surface area contributed by atoms with Crippen molar-refractivity contribution in [2.24, 2.45) is 11.8 Å². The normalized spacial score (nSPS) is 22.9. The largest absolute Gasteiger partial charge is 0.324 e. The molecule has 21 heavy (non-hydrogen) atoms. The van der Waals surface area contributed by atoms with Gasteiger partial charge in [0.1, 0.15) is 11.3 Å². The zero-order chi connectivity index (χ0) is 15.0. The molecule has 1 fully saturated rings. The van der Waals surface area contributed by atoms with E-state index in [0.717, 1.165) is 24.8 Å². The fourth-order valence-electron chi connectivity index (χ4n) is 3.27. The molecule has 0 amide bonds. The lowest BCUT2D eigenvalue weighted by atomic mass is 9.83. The highest BCUT2D eigenvalue weighted by molar-refractivity contribution is 6.16. The minimum atomic E-state index is -0.831. The van der Waals surface area contributed by atoms with Crippen LogP contribution in [0, 0.1) is 23.5 Å². The second-order valence-electron chi connectivity index (χ2n) is 6.13. The molecule has 1 aromatic carbocycles. The maximum absolute atomic E-state index is 14.1. The van der Waals surface area contributed by atoms with Gasteiger partial charge in [0.2, 0.25) is 0 Å². The van der Waals surface area contributed by atoms with Crippen LogP contribution >= 0.6 is 11.6 Å². The van der Waals surface area contributed by atoms with Crippen LogP contribution in [0.4, 0.5) is 8.78 Å². The molecule has 2 aromatic rings. The molecular formula is C16H19ClF2N2. The van der Waals surface area contributed by atoms with Crippen molar-refractivity contribution in [1.29, 1.82) is 0 Å². The topological polar surface area (TPSA) is 17.8 Å². The number of fused-ring (bicyclic) bond motifs is 1. The smallest absolute Gasteiger partial charge is 0.184 e. The molecule has 0 unspecified atom stereocenters. The highest BCUT2D eigenvalue weighted by Gasteiger charge is 2.23. The van der Waals surface area contributed by atoms with Gasteiger partial charge in [0.05, 0.1) is 11.4 Å². The number of hydrogen-bond acceptors (Lipinski definition) is 1. The maximum atomic E-state index is 14.1. The molecular weight excluding hydrogens is 294 g/mol. The van der Waals surface area contributed by atoms with Crippen molar-refractivity contribution in [2.45, 2.75) is 45.0 Å². The van der Waals surface area contributed by atoms with E-state index >= 15 is 0 Å². The summed E-state index contributed by atoms with van der Waals surface area (Å²) in [5.41, 5.74) is 0.734. The minimum absolute atomic E-state index is 0.207. The maximum Gasteiger partial charge on any atom is 0.184 e. The number of rotatable bonds is 3. The summed E-state index contributed by atoms with van der Waals surface area (Å²) in [6, 6.07) is 2.64. The van der Waals surface area contributed by atoms with E-state index in [2.05, 4.69) is 11.9 Å². The van der Waals surface area contributed by atoms with Crippen molar-refractivity contribution in [3.8, 4) is 0 Å². The van der Waals surface area contributed by atoms with E-state index < -0.39 is 11.6 Å². The van der Waals surface area contributed by atoms with Gasteiger partial charge in [-0.05, 0) is 36.8 Å². The highest BCUT2D eigenvalue weighted by atomic mass is 35.5. The first-order chi connectivity index (χ1) is 10.1. The monoisotopic (exact) mass is 312 g/mol. The standard InChI is InChI=1S/C16H19ClF2N2/c1-10-2-4-11(5-3-10)9-21-14(8-17)20-13-7-6-12(18)15(19)16(13)21/h6-7,10-11H,2-5,8-9H2,1H3. The van der Waals surface area contributed by atoms with Crippen molar-refractivity contribution in [2.75, 3.05) is 0 Å². The van der Waals surface area contributed by atoms with Gasteiger partial charge in [-0.2, -0.15) is 0 Å². The minimum Gasteiger partial charge on any atom is -0.324 e. The number of imidazole rings is 1. The van der Waals surface area contributed by atoms with E-state index in [-0.39, 0.29) is 11.4 Å². The molecule has 1 aliphatic carbocycles. The molecule has 1 aliphatic rings. The molecule has 1 aromatic heterocycles. The third-order valence-electron chi connectivity index (χ3n) is 4.57. The highest BCUT2D eigenvalue weighted by Crippen LogP contribution is 2.31. The van der Waals surface area contributed by atoms with E-state index in [9.17, 15) is 8.78 Å². The second kappa shape index (κ2) is 5.91. The molecule has 2 nitrogen and oxygen atoms in total. The van der Waals surface area contributed by atoms with Gasteiger partial charge in [-0.1, -0.05) is 19.8 Å². The van der Waals surface area contributed by atoms with Gasteiger partial charge in [-0.15, -0.1) is 11.6 Å². The fourth-order valence-corrected chi connectivity index (χ4v) is 3.48. The summed E-state index contributed by atoms with van der Waals surface area (Å²) in [6.07, 6.45) is 4.65. The number of nitrogens with zero attached hydrogens (tertiary/aromatic N) is 2. The van der Waals surface area contributed by atoms with Crippen LogP contribution in [0.5, 0.6) is 0 Å². The van der Waals surface area contributed by atoms with Gasteiger partial charge in [0.25, 0.3) is 0 Å². The number of hydrogen-bond donors (Lipinski definition) is 0. The Morgan fingerprint density at radius 3 is 2.62 bits per heavy atom. The van der Waals surface area contributed by atoms with Crippen LogP contribution in [0.2, 0.25) is 0 Å². The Labute approximate surface area is 128 Å². The first kappa shape index (κ1) is 14.8.